The summed E-state index contributed by atoms with van der Waals surface area (Å²) >= 11 is 8.23. The molecule has 0 bridgehead atoms. The van der Waals surface area contributed by atoms with Crippen LogP contribution in [0.15, 0.2) is 42.1 Å². The van der Waals surface area contributed by atoms with Crippen LogP contribution in [-0.2, 0) is 4.79 Å². The summed E-state index contributed by atoms with van der Waals surface area (Å²) in [5.41, 5.74) is 1.06. The van der Waals surface area contributed by atoms with E-state index in [9.17, 15) is 9.59 Å². The minimum Gasteiger partial charge on any atom is -0.493 e. The topological polar surface area (TPSA) is 67.9 Å². The lowest BCUT2D eigenvalue weighted by atomic mass is 10.1. The van der Waals surface area contributed by atoms with Gasteiger partial charge in [-0.1, -0.05) is 17.7 Å². The summed E-state index contributed by atoms with van der Waals surface area (Å²) in [5, 5.41) is 2.97. The fourth-order valence-electron chi connectivity index (χ4n) is 2.36. The lowest BCUT2D eigenvalue weighted by Gasteiger charge is -2.16. The molecule has 8 heteroatoms. The lowest BCUT2D eigenvalue weighted by molar-refractivity contribution is -0.124. The molecular formula is C20H20ClIN2O4. The zero-order chi connectivity index (χ0) is 20.8. The van der Waals surface area contributed by atoms with Gasteiger partial charge in [0.1, 0.15) is 5.70 Å². The molecule has 0 atom stereocenters. The van der Waals surface area contributed by atoms with Crippen LogP contribution in [0.4, 0.5) is 0 Å². The van der Waals surface area contributed by atoms with Crippen molar-refractivity contribution in [2.45, 2.75) is 0 Å². The molecule has 0 aromatic heterocycles. The van der Waals surface area contributed by atoms with Crippen molar-refractivity contribution in [1.29, 1.82) is 0 Å². The van der Waals surface area contributed by atoms with Crippen molar-refractivity contribution >= 4 is 52.1 Å². The smallest absolute Gasteiger partial charge is 0.269 e. The van der Waals surface area contributed by atoms with Gasteiger partial charge in [-0.25, -0.2) is 0 Å². The Kier molecular flexibility index (Phi) is 7.70. The minimum atomic E-state index is -0.467. The number of halogens is 2. The van der Waals surface area contributed by atoms with Crippen molar-refractivity contribution in [2.75, 3.05) is 28.3 Å². The first-order chi connectivity index (χ1) is 13.3. The first-order valence-electron chi connectivity index (χ1n) is 8.18. The van der Waals surface area contributed by atoms with Gasteiger partial charge in [-0.05, 0) is 64.6 Å². The standard InChI is InChI=1S/C20H20ClIN2O4/c1-24(2)20(26)16(9-12-5-8-17(27-3)18(10-12)28-4)23-19(25)14-11-13(22)6-7-15(14)21/h5-11H,1-4H3,(H,23,25)/b16-9-. The highest BCUT2D eigenvalue weighted by Gasteiger charge is 2.18. The molecule has 0 aliphatic rings. The van der Waals surface area contributed by atoms with Gasteiger partial charge in [0.15, 0.2) is 11.5 Å². The van der Waals surface area contributed by atoms with Gasteiger partial charge in [-0.3, -0.25) is 9.59 Å². The number of hydrogen-bond acceptors (Lipinski definition) is 4. The molecule has 28 heavy (non-hydrogen) atoms. The Morgan fingerprint density at radius 2 is 1.75 bits per heavy atom. The van der Waals surface area contributed by atoms with Gasteiger partial charge in [0.25, 0.3) is 11.8 Å². The fraction of sp³-hybridized carbons (Fsp3) is 0.200. The van der Waals surface area contributed by atoms with Crippen LogP contribution in [0.3, 0.4) is 0 Å². The molecule has 1 N–H and O–H groups in total. The first-order valence-corrected chi connectivity index (χ1v) is 9.64. The predicted octanol–water partition coefficient (Wildman–Crippen LogP) is 3.82. The van der Waals surface area contributed by atoms with Crippen LogP contribution in [0.2, 0.25) is 5.02 Å². The quantitative estimate of drug-likeness (QED) is 0.470. The van der Waals surface area contributed by atoms with E-state index in [1.807, 2.05) is 0 Å². The Morgan fingerprint density at radius 3 is 2.36 bits per heavy atom. The average Bonchev–Trinajstić information content (AvgIpc) is 2.68. The number of carbonyl (C=O) groups is 2. The first kappa shape index (κ1) is 22.0. The van der Waals surface area contributed by atoms with Crippen LogP contribution in [0, 0.1) is 3.57 Å². The molecule has 0 aliphatic heterocycles. The molecule has 0 aliphatic carbocycles. The van der Waals surface area contributed by atoms with E-state index < -0.39 is 5.91 Å². The summed E-state index contributed by atoms with van der Waals surface area (Å²) in [7, 11) is 6.28. The Morgan fingerprint density at radius 1 is 1.07 bits per heavy atom. The summed E-state index contributed by atoms with van der Waals surface area (Å²) in [6, 6.07) is 10.3. The Labute approximate surface area is 182 Å². The van der Waals surface area contributed by atoms with Crippen LogP contribution in [0.1, 0.15) is 15.9 Å². The summed E-state index contributed by atoms with van der Waals surface area (Å²) in [6.45, 7) is 0. The molecule has 6 nitrogen and oxygen atoms in total. The number of benzene rings is 2. The molecule has 2 rings (SSSR count). The third kappa shape index (κ3) is 5.39. The monoisotopic (exact) mass is 514 g/mol. The van der Waals surface area contributed by atoms with E-state index in [1.165, 1.54) is 12.0 Å². The second-order valence-electron chi connectivity index (χ2n) is 5.95. The SMILES string of the molecule is COc1ccc(/C=C(\NC(=O)c2cc(I)ccc2Cl)C(=O)N(C)C)cc1OC. The van der Waals surface area contributed by atoms with Crippen molar-refractivity contribution in [1.82, 2.24) is 10.2 Å². The Bertz CT molecular complexity index is 928. The maximum absolute atomic E-state index is 12.7. The summed E-state index contributed by atoms with van der Waals surface area (Å²) < 4.78 is 11.4. The maximum Gasteiger partial charge on any atom is 0.269 e. The van der Waals surface area contributed by atoms with Gasteiger partial charge in [0.2, 0.25) is 0 Å². The van der Waals surface area contributed by atoms with Gasteiger partial charge >= 0.3 is 0 Å². The van der Waals surface area contributed by atoms with Crippen LogP contribution < -0.4 is 14.8 Å². The highest BCUT2D eigenvalue weighted by molar-refractivity contribution is 14.1. The van der Waals surface area contributed by atoms with E-state index in [0.717, 1.165) is 3.57 Å². The van der Waals surface area contributed by atoms with E-state index in [0.29, 0.717) is 27.6 Å². The van der Waals surface area contributed by atoms with Gasteiger partial charge in [-0.15, -0.1) is 0 Å². The van der Waals surface area contributed by atoms with E-state index in [1.54, 1.807) is 63.7 Å². The summed E-state index contributed by atoms with van der Waals surface area (Å²) in [4.78, 5) is 26.7. The molecule has 148 valence electrons. The molecule has 0 unspecified atom stereocenters. The number of likely N-dealkylation sites (N-methyl/N-ethyl adjacent to an activating group) is 1. The van der Waals surface area contributed by atoms with Crippen LogP contribution in [0.25, 0.3) is 6.08 Å². The second kappa shape index (κ2) is 9.79. The van der Waals surface area contributed by atoms with Crippen molar-refractivity contribution in [3.05, 3.63) is 61.8 Å². The van der Waals surface area contributed by atoms with E-state index in [4.69, 9.17) is 21.1 Å². The van der Waals surface area contributed by atoms with Crippen LogP contribution in [-0.4, -0.2) is 45.0 Å². The second-order valence-corrected chi connectivity index (χ2v) is 7.60. The van der Waals surface area contributed by atoms with Gasteiger partial charge in [0.05, 0.1) is 24.8 Å². The van der Waals surface area contributed by atoms with Crippen LogP contribution in [0.5, 0.6) is 11.5 Å². The Balaban J connectivity index is 2.42. The predicted molar refractivity (Wildman–Crippen MR) is 118 cm³/mol. The van der Waals surface area contributed by atoms with E-state index >= 15 is 0 Å². The summed E-state index contributed by atoms with van der Waals surface area (Å²) in [5.74, 6) is 0.255. The number of nitrogens with one attached hydrogen (secondary N) is 1. The average molecular weight is 515 g/mol. The molecule has 0 heterocycles. The van der Waals surface area contributed by atoms with Crippen LogP contribution >= 0.6 is 34.2 Å². The fourth-order valence-corrected chi connectivity index (χ4v) is 3.06. The van der Waals surface area contributed by atoms with E-state index in [2.05, 4.69) is 27.9 Å². The Hall–Kier alpha value is -2.26. The normalized spacial score (nSPS) is 11.0. The minimum absolute atomic E-state index is 0.108. The third-order valence-corrected chi connectivity index (χ3v) is 4.78. The third-order valence-electron chi connectivity index (χ3n) is 3.78. The zero-order valence-electron chi connectivity index (χ0n) is 15.9. The van der Waals surface area contributed by atoms with Gasteiger partial charge in [-0.2, -0.15) is 0 Å². The van der Waals surface area contributed by atoms with E-state index in [-0.39, 0.29) is 11.6 Å². The molecule has 0 spiro atoms. The lowest BCUT2D eigenvalue weighted by Crippen LogP contribution is -2.34. The number of amides is 2. The van der Waals surface area contributed by atoms with Crippen molar-refractivity contribution in [2.24, 2.45) is 0 Å². The number of methoxy groups -OCH3 is 2. The van der Waals surface area contributed by atoms with Crippen molar-refractivity contribution in [3.8, 4) is 11.5 Å². The number of nitrogens with zero attached hydrogens (tertiary/aromatic N) is 1. The van der Waals surface area contributed by atoms with Gasteiger partial charge < -0.3 is 19.7 Å². The molecule has 2 aromatic rings. The molecule has 0 saturated heterocycles. The highest BCUT2D eigenvalue weighted by atomic mass is 127. The molecule has 0 saturated carbocycles. The molecule has 2 aromatic carbocycles. The highest BCUT2D eigenvalue weighted by Crippen LogP contribution is 2.28. The van der Waals surface area contributed by atoms with Gasteiger partial charge in [0, 0.05) is 17.7 Å². The zero-order valence-corrected chi connectivity index (χ0v) is 18.8. The number of carbonyl (C=O) groups excluding carboxylic acids is 2. The number of ether oxygens (including phenoxy) is 2. The molecular weight excluding hydrogens is 495 g/mol. The number of rotatable bonds is 6. The molecule has 2 amide bonds. The molecule has 0 radical (unpaired) electrons. The molecule has 0 fully saturated rings. The van der Waals surface area contributed by atoms with Crippen molar-refractivity contribution < 1.29 is 19.1 Å². The number of hydrogen-bond donors (Lipinski definition) is 1. The largest absolute Gasteiger partial charge is 0.493 e. The van der Waals surface area contributed by atoms with Crippen molar-refractivity contribution in [3.63, 3.8) is 0 Å². The maximum atomic E-state index is 12.7. The summed E-state index contributed by atoms with van der Waals surface area (Å²) in [6.07, 6.45) is 1.57.